The fourth-order valence-corrected chi connectivity index (χ4v) is 4.30. The minimum absolute atomic E-state index is 0.0244. The molecule has 0 N–H and O–H groups in total. The lowest BCUT2D eigenvalue weighted by Crippen LogP contribution is -2.57. The molecule has 8 heteroatoms. The highest BCUT2D eigenvalue weighted by Gasteiger charge is 2.64. The van der Waals surface area contributed by atoms with Gasteiger partial charge in [0.25, 0.3) is 0 Å². The first kappa shape index (κ1) is 21.3. The number of rotatable bonds is 10. The van der Waals surface area contributed by atoms with Crippen LogP contribution in [0.5, 0.6) is 0 Å². The lowest BCUT2D eigenvalue weighted by molar-refractivity contribution is -0.238. The van der Waals surface area contributed by atoms with E-state index in [-0.39, 0.29) is 19.8 Å². The van der Waals surface area contributed by atoms with E-state index < -0.39 is 22.7 Å². The summed E-state index contributed by atoms with van der Waals surface area (Å²) in [7, 11) is 2.90. The molecule has 2 unspecified atom stereocenters. The highest BCUT2D eigenvalue weighted by atomic mass is 35.5. The summed E-state index contributed by atoms with van der Waals surface area (Å²) < 4.78 is 40.2. The van der Waals surface area contributed by atoms with E-state index >= 15 is 8.78 Å². The van der Waals surface area contributed by atoms with Crippen molar-refractivity contribution in [1.82, 2.24) is 9.80 Å². The van der Waals surface area contributed by atoms with Gasteiger partial charge in [0, 0.05) is 26.3 Å². The van der Waals surface area contributed by atoms with Crippen LogP contribution in [0, 0.1) is 0 Å². The van der Waals surface area contributed by atoms with E-state index in [1.165, 1.54) is 14.2 Å². The third-order valence-corrected chi connectivity index (χ3v) is 4.95. The van der Waals surface area contributed by atoms with Crippen LogP contribution in [0.2, 0.25) is 0 Å². The van der Waals surface area contributed by atoms with Crippen molar-refractivity contribution in [3.05, 3.63) is 0 Å². The molecule has 1 heterocycles. The molecule has 0 bridgehead atoms. The Morgan fingerprint density at radius 1 is 1.00 bits per heavy atom. The van der Waals surface area contributed by atoms with Gasteiger partial charge in [0.2, 0.25) is 0 Å². The quantitative estimate of drug-likeness (QED) is 0.426. The van der Waals surface area contributed by atoms with Crippen LogP contribution >= 0.6 is 23.2 Å². The Kier molecular flexibility index (Phi) is 8.45. The number of hydrogen-bond acceptors (Lipinski definition) is 4. The molecule has 0 saturated carbocycles. The van der Waals surface area contributed by atoms with Crippen molar-refractivity contribution in [3.63, 3.8) is 0 Å². The molecule has 23 heavy (non-hydrogen) atoms. The SMILES string of the molecule is CCCC1(CCC)CN(C(Cl)COC)C(F)(F)N1C(Cl)COC. The topological polar surface area (TPSA) is 24.9 Å². The van der Waals surface area contributed by atoms with E-state index in [1.54, 1.807) is 0 Å². The molecule has 0 spiro atoms. The standard InChI is InChI=1S/C15H28Cl2F2N2O2/c1-5-7-14(8-6-2)11-20(12(16)9-22-3)15(18,19)21(14)13(17)10-23-4/h12-13H,5-11H2,1-4H3. The lowest BCUT2D eigenvalue weighted by atomic mass is 9.87. The van der Waals surface area contributed by atoms with Gasteiger partial charge in [-0.25, -0.2) is 9.80 Å². The maximum Gasteiger partial charge on any atom is 0.372 e. The van der Waals surface area contributed by atoms with Crippen LogP contribution in [0.3, 0.4) is 0 Å². The second-order valence-electron chi connectivity index (χ2n) is 6.01. The van der Waals surface area contributed by atoms with Gasteiger partial charge in [-0.1, -0.05) is 26.7 Å². The number of hydrogen-bond donors (Lipinski definition) is 0. The molecule has 1 fully saturated rings. The molecule has 138 valence electrons. The van der Waals surface area contributed by atoms with Crippen molar-refractivity contribution < 1.29 is 18.3 Å². The molecule has 0 aromatic rings. The third kappa shape index (κ3) is 4.47. The zero-order chi connectivity index (χ0) is 17.7. The van der Waals surface area contributed by atoms with Crippen molar-refractivity contribution in [3.8, 4) is 0 Å². The smallest absolute Gasteiger partial charge is 0.372 e. The molecule has 1 aliphatic rings. The molecule has 1 aliphatic heterocycles. The highest BCUT2D eigenvalue weighted by Crippen LogP contribution is 2.48. The van der Waals surface area contributed by atoms with Gasteiger partial charge >= 0.3 is 6.17 Å². The summed E-state index contributed by atoms with van der Waals surface area (Å²) in [5.41, 5.74) is -2.57. The van der Waals surface area contributed by atoms with E-state index in [0.29, 0.717) is 12.8 Å². The summed E-state index contributed by atoms with van der Waals surface area (Å²) >= 11 is 12.5. The minimum Gasteiger partial charge on any atom is -0.382 e. The first-order valence-corrected chi connectivity index (χ1v) is 8.88. The first-order chi connectivity index (χ1) is 10.8. The molecule has 0 aliphatic carbocycles. The summed E-state index contributed by atoms with van der Waals surface area (Å²) in [6.07, 6.45) is -0.435. The van der Waals surface area contributed by atoms with Crippen molar-refractivity contribution in [2.24, 2.45) is 0 Å². The summed E-state index contributed by atoms with van der Waals surface area (Å²) in [5.74, 6) is 0. The molecule has 0 amide bonds. The average molecular weight is 377 g/mol. The van der Waals surface area contributed by atoms with Crippen molar-refractivity contribution >= 4 is 23.2 Å². The Labute approximate surface area is 148 Å². The zero-order valence-electron chi connectivity index (χ0n) is 14.3. The monoisotopic (exact) mass is 376 g/mol. The average Bonchev–Trinajstić information content (AvgIpc) is 2.68. The molecular formula is C15H28Cl2F2N2O2. The summed E-state index contributed by atoms with van der Waals surface area (Å²) in [4.78, 5) is 2.09. The van der Waals surface area contributed by atoms with E-state index in [4.69, 9.17) is 32.7 Å². The molecule has 0 radical (unpaired) electrons. The van der Waals surface area contributed by atoms with Gasteiger partial charge in [-0.15, -0.1) is 23.2 Å². The third-order valence-electron chi connectivity index (χ3n) is 4.27. The lowest BCUT2D eigenvalue weighted by Gasteiger charge is -2.41. The summed E-state index contributed by atoms with van der Waals surface area (Å²) in [6.45, 7) is 4.19. The van der Waals surface area contributed by atoms with Crippen LogP contribution in [0.4, 0.5) is 8.78 Å². The number of halogens is 4. The van der Waals surface area contributed by atoms with E-state index in [1.807, 2.05) is 13.8 Å². The predicted molar refractivity (Wildman–Crippen MR) is 89.1 cm³/mol. The molecular weight excluding hydrogens is 349 g/mol. The van der Waals surface area contributed by atoms with Crippen molar-refractivity contribution in [1.29, 1.82) is 0 Å². The predicted octanol–water partition coefficient (Wildman–Crippen LogP) is 3.92. The molecule has 4 nitrogen and oxygen atoms in total. The second-order valence-corrected chi connectivity index (χ2v) is 7.02. The van der Waals surface area contributed by atoms with Gasteiger partial charge in [-0.3, -0.25) is 0 Å². The molecule has 0 aromatic carbocycles. The minimum atomic E-state index is -3.25. The van der Waals surface area contributed by atoms with Gasteiger partial charge in [0.05, 0.1) is 13.2 Å². The van der Waals surface area contributed by atoms with Gasteiger partial charge in [0.15, 0.2) is 0 Å². The number of alkyl halides is 4. The fraction of sp³-hybridized carbons (Fsp3) is 1.00. The van der Waals surface area contributed by atoms with Crippen LogP contribution in [0.25, 0.3) is 0 Å². The molecule has 2 atom stereocenters. The van der Waals surface area contributed by atoms with E-state index in [0.717, 1.165) is 22.6 Å². The van der Waals surface area contributed by atoms with Gasteiger partial charge in [0.1, 0.15) is 11.0 Å². The maximum atomic E-state index is 15.1. The maximum absolute atomic E-state index is 15.1. The van der Waals surface area contributed by atoms with Gasteiger partial charge in [-0.2, -0.15) is 8.78 Å². The highest BCUT2D eigenvalue weighted by molar-refractivity contribution is 6.21. The Morgan fingerprint density at radius 2 is 1.48 bits per heavy atom. The Hall–Kier alpha value is 0.280. The largest absolute Gasteiger partial charge is 0.382 e. The van der Waals surface area contributed by atoms with Crippen LogP contribution in [0.1, 0.15) is 39.5 Å². The summed E-state index contributed by atoms with van der Waals surface area (Å²) in [5, 5.41) is 0. The van der Waals surface area contributed by atoms with Gasteiger partial charge in [-0.05, 0) is 12.8 Å². The van der Waals surface area contributed by atoms with E-state index in [2.05, 4.69) is 0 Å². The van der Waals surface area contributed by atoms with Crippen LogP contribution in [-0.4, -0.2) is 66.5 Å². The van der Waals surface area contributed by atoms with Crippen LogP contribution in [-0.2, 0) is 9.47 Å². The van der Waals surface area contributed by atoms with E-state index in [9.17, 15) is 0 Å². The number of ether oxygens (including phenoxy) is 2. The number of methoxy groups -OCH3 is 2. The van der Waals surface area contributed by atoms with Gasteiger partial charge < -0.3 is 9.47 Å². The molecule has 0 aromatic heterocycles. The van der Waals surface area contributed by atoms with Crippen molar-refractivity contribution in [2.45, 2.75) is 62.2 Å². The van der Waals surface area contributed by atoms with Crippen molar-refractivity contribution in [2.75, 3.05) is 34.0 Å². The second kappa shape index (κ2) is 9.11. The Morgan fingerprint density at radius 3 is 1.91 bits per heavy atom. The fourth-order valence-electron chi connectivity index (χ4n) is 3.54. The molecule has 1 saturated heterocycles. The first-order valence-electron chi connectivity index (χ1n) is 8.00. The zero-order valence-corrected chi connectivity index (χ0v) is 15.8. The normalized spacial score (nSPS) is 24.0. The van der Waals surface area contributed by atoms with Crippen LogP contribution in [0.15, 0.2) is 0 Å². The Bertz CT molecular complexity index is 358. The number of nitrogens with zero attached hydrogens (tertiary/aromatic N) is 2. The van der Waals surface area contributed by atoms with Crippen LogP contribution < -0.4 is 0 Å². The molecule has 1 rings (SSSR count). The Balaban J connectivity index is 3.23. The summed E-state index contributed by atoms with van der Waals surface area (Å²) in [6, 6.07) is 0.